The number of aliphatic hydroxyl groups is 5. The molecule has 0 radical (unpaired) electrons. The molecule has 5 aliphatic rings. The van der Waals surface area contributed by atoms with Crippen LogP contribution in [0.1, 0.15) is 58.8 Å². The van der Waals surface area contributed by atoms with Gasteiger partial charge in [0, 0.05) is 11.8 Å². The normalized spacial score (nSPS) is 55.0. The van der Waals surface area contributed by atoms with Crippen LogP contribution in [0.2, 0.25) is 0 Å². The number of aliphatic hydroxyl groups excluding tert-OH is 5. The van der Waals surface area contributed by atoms with Gasteiger partial charge >= 0.3 is 0 Å². The van der Waals surface area contributed by atoms with Crippen molar-refractivity contribution < 1.29 is 35.0 Å². The fourth-order valence-corrected chi connectivity index (χ4v) is 8.64. The molecule has 1 heterocycles. The molecule has 2 unspecified atom stereocenters. The molecule has 1 aliphatic heterocycles. The van der Waals surface area contributed by atoms with Crippen LogP contribution in [0, 0.1) is 34.5 Å². The van der Waals surface area contributed by atoms with Gasteiger partial charge in [0.1, 0.15) is 24.4 Å². The lowest BCUT2D eigenvalue weighted by Gasteiger charge is -2.60. The summed E-state index contributed by atoms with van der Waals surface area (Å²) in [7, 11) is 0. The van der Waals surface area contributed by atoms with E-state index in [1.165, 1.54) is 18.4 Å². The molecule has 0 bridgehead atoms. The molecule has 5 N–H and O–H groups in total. The maximum atomic E-state index is 10.7. The molecule has 0 aromatic rings. The molecular weight excluding hydrogens is 436 g/mol. The predicted molar refractivity (Wildman–Crippen MR) is 125 cm³/mol. The van der Waals surface area contributed by atoms with E-state index in [0.717, 1.165) is 19.3 Å². The molecule has 4 fully saturated rings. The Hall–Kier alpha value is -0.800. The summed E-state index contributed by atoms with van der Waals surface area (Å²) in [6.45, 7) is 8.33. The summed E-state index contributed by atoms with van der Waals surface area (Å²) < 4.78 is 12.1. The van der Waals surface area contributed by atoms with Crippen molar-refractivity contribution in [2.24, 2.45) is 34.5 Å². The van der Waals surface area contributed by atoms with Crippen LogP contribution >= 0.6 is 0 Å². The Kier molecular flexibility index (Phi) is 6.54. The molecule has 5 rings (SSSR count). The molecule has 192 valence electrons. The van der Waals surface area contributed by atoms with Crippen molar-refractivity contribution in [3.05, 3.63) is 24.3 Å². The zero-order valence-corrected chi connectivity index (χ0v) is 20.4. The Bertz CT molecular complexity index is 813. The summed E-state index contributed by atoms with van der Waals surface area (Å²) in [6.07, 6.45) is 3.74. The van der Waals surface area contributed by atoms with Gasteiger partial charge in [0.25, 0.3) is 0 Å². The predicted octanol–water partition coefficient (Wildman–Crippen LogP) is 1.91. The number of hydrogen-bond donors (Lipinski definition) is 5. The Morgan fingerprint density at radius 2 is 1.85 bits per heavy atom. The van der Waals surface area contributed by atoms with E-state index >= 15 is 0 Å². The molecule has 7 heteroatoms. The Labute approximate surface area is 202 Å². The largest absolute Gasteiger partial charge is 0.394 e. The third-order valence-corrected chi connectivity index (χ3v) is 10.7. The molecule has 0 amide bonds. The monoisotopic (exact) mass is 478 g/mol. The molecule has 0 aromatic heterocycles. The average molecular weight is 479 g/mol. The fraction of sp³-hybridized carbons (Fsp3) is 0.852. The van der Waals surface area contributed by atoms with E-state index in [-0.39, 0.29) is 10.8 Å². The molecule has 7 nitrogen and oxygen atoms in total. The van der Waals surface area contributed by atoms with E-state index in [2.05, 4.69) is 32.6 Å². The lowest BCUT2D eigenvalue weighted by atomic mass is 9.46. The zero-order chi connectivity index (χ0) is 24.4. The molecule has 34 heavy (non-hydrogen) atoms. The lowest BCUT2D eigenvalue weighted by Crippen LogP contribution is -2.62. The number of rotatable bonds is 4. The highest BCUT2D eigenvalue weighted by Crippen LogP contribution is 2.66. The quantitative estimate of drug-likeness (QED) is 0.392. The van der Waals surface area contributed by atoms with Gasteiger partial charge in [-0.2, -0.15) is 0 Å². The van der Waals surface area contributed by atoms with Crippen LogP contribution in [-0.4, -0.2) is 75.1 Å². The van der Waals surface area contributed by atoms with Crippen LogP contribution in [0.25, 0.3) is 0 Å². The molecular formula is C27H42O7. The molecule has 0 aromatic carbocycles. The Morgan fingerprint density at radius 1 is 1.09 bits per heavy atom. The van der Waals surface area contributed by atoms with Crippen molar-refractivity contribution >= 4 is 0 Å². The molecule has 4 aliphatic carbocycles. The van der Waals surface area contributed by atoms with Crippen molar-refractivity contribution in [2.75, 3.05) is 6.61 Å². The van der Waals surface area contributed by atoms with Gasteiger partial charge < -0.3 is 35.0 Å². The van der Waals surface area contributed by atoms with E-state index in [1.807, 2.05) is 0 Å². The molecule has 0 spiro atoms. The fourth-order valence-electron chi connectivity index (χ4n) is 8.64. The second-order valence-corrected chi connectivity index (χ2v) is 12.0. The van der Waals surface area contributed by atoms with E-state index in [9.17, 15) is 25.5 Å². The van der Waals surface area contributed by atoms with Gasteiger partial charge in [0.05, 0.1) is 18.8 Å². The van der Waals surface area contributed by atoms with Crippen LogP contribution in [0.15, 0.2) is 24.3 Å². The van der Waals surface area contributed by atoms with Gasteiger partial charge in [-0.05, 0) is 67.6 Å². The summed E-state index contributed by atoms with van der Waals surface area (Å²) in [4.78, 5) is 0. The second-order valence-electron chi connectivity index (χ2n) is 12.0. The Balaban J connectivity index is 1.44. The van der Waals surface area contributed by atoms with Gasteiger partial charge in [0.2, 0.25) is 0 Å². The van der Waals surface area contributed by atoms with Crippen molar-refractivity contribution in [3.63, 3.8) is 0 Å². The third-order valence-electron chi connectivity index (χ3n) is 10.7. The molecule has 3 saturated carbocycles. The van der Waals surface area contributed by atoms with Crippen molar-refractivity contribution in [2.45, 2.75) is 102 Å². The standard InChI is InChI=1S/C27H42O7/c1-4-14-6-8-18-17-7-5-15-11-16(29)12-21(27(15,3)19(17)9-10-26(14,18)2)34-25-24(32)23(31)22(30)20(13-28)33-25/h4-5,14,16-25,28-32H,1,6-13H2,2-3H3/t14-,16?,17-,18-,19-,20+,21?,22-,23-,24+,25+,26+,27-/m0/s1. The van der Waals surface area contributed by atoms with E-state index < -0.39 is 49.5 Å². The highest BCUT2D eigenvalue weighted by Gasteiger charge is 2.61. The number of hydrogen-bond acceptors (Lipinski definition) is 7. The minimum atomic E-state index is -1.48. The van der Waals surface area contributed by atoms with Crippen LogP contribution in [0.5, 0.6) is 0 Å². The first kappa shape index (κ1) is 24.9. The van der Waals surface area contributed by atoms with Gasteiger partial charge in [-0.25, -0.2) is 0 Å². The Morgan fingerprint density at radius 3 is 2.56 bits per heavy atom. The van der Waals surface area contributed by atoms with Crippen molar-refractivity contribution in [1.82, 2.24) is 0 Å². The topological polar surface area (TPSA) is 120 Å². The van der Waals surface area contributed by atoms with E-state index in [4.69, 9.17) is 9.47 Å². The first-order valence-electron chi connectivity index (χ1n) is 13.1. The molecule has 13 atom stereocenters. The summed E-state index contributed by atoms with van der Waals surface area (Å²) in [5.74, 6) is 2.12. The van der Waals surface area contributed by atoms with E-state index in [1.54, 1.807) is 0 Å². The first-order chi connectivity index (χ1) is 16.1. The van der Waals surface area contributed by atoms with Crippen LogP contribution < -0.4 is 0 Å². The van der Waals surface area contributed by atoms with Gasteiger partial charge in [-0.3, -0.25) is 0 Å². The minimum absolute atomic E-state index is 0.284. The number of allylic oxidation sites excluding steroid dienone is 2. The summed E-state index contributed by atoms with van der Waals surface area (Å²) >= 11 is 0. The van der Waals surface area contributed by atoms with Gasteiger partial charge in [-0.1, -0.05) is 31.6 Å². The smallest absolute Gasteiger partial charge is 0.187 e. The second kappa shape index (κ2) is 8.94. The average Bonchev–Trinajstić information content (AvgIpc) is 3.16. The van der Waals surface area contributed by atoms with Crippen LogP contribution in [-0.2, 0) is 9.47 Å². The maximum Gasteiger partial charge on any atom is 0.187 e. The molecule has 1 saturated heterocycles. The highest BCUT2D eigenvalue weighted by atomic mass is 16.7. The van der Waals surface area contributed by atoms with Crippen molar-refractivity contribution in [3.8, 4) is 0 Å². The first-order valence-corrected chi connectivity index (χ1v) is 13.1. The SMILES string of the molecule is C=C[C@H]1CC[C@H]2[C@@H]3CC=C4CC(O)CC(O[C@H]5O[C@H](CO)[C@H](O)[C@H](O)[C@H]5O)[C@]4(C)[C@H]3CC[C@]12C. The number of ether oxygens (including phenoxy) is 2. The van der Waals surface area contributed by atoms with Crippen LogP contribution in [0.4, 0.5) is 0 Å². The zero-order valence-electron chi connectivity index (χ0n) is 20.4. The summed E-state index contributed by atoms with van der Waals surface area (Å²) in [6, 6.07) is 0. The summed E-state index contributed by atoms with van der Waals surface area (Å²) in [5.41, 5.74) is 1.20. The third kappa shape index (κ3) is 3.58. The van der Waals surface area contributed by atoms with Gasteiger partial charge in [-0.15, -0.1) is 6.58 Å². The van der Waals surface area contributed by atoms with E-state index in [0.29, 0.717) is 36.5 Å². The van der Waals surface area contributed by atoms with Crippen LogP contribution in [0.3, 0.4) is 0 Å². The summed E-state index contributed by atoms with van der Waals surface area (Å²) in [5, 5.41) is 51.3. The lowest BCUT2D eigenvalue weighted by molar-refractivity contribution is -0.324. The number of fused-ring (bicyclic) bond motifs is 5. The highest BCUT2D eigenvalue weighted by molar-refractivity contribution is 5.28. The van der Waals surface area contributed by atoms with Crippen molar-refractivity contribution in [1.29, 1.82) is 0 Å². The minimum Gasteiger partial charge on any atom is -0.394 e. The maximum absolute atomic E-state index is 10.7. The van der Waals surface area contributed by atoms with Gasteiger partial charge in [0.15, 0.2) is 6.29 Å².